The summed E-state index contributed by atoms with van der Waals surface area (Å²) in [6, 6.07) is 11.1. The molecular weight excluding hydrogens is 355 g/mol. The number of pyridine rings is 1. The SMILES string of the molecule is COc1ncccc1CNC(=O)c1cccc(I)c1. The van der Waals surface area contributed by atoms with Crippen molar-refractivity contribution in [2.45, 2.75) is 6.54 Å². The highest BCUT2D eigenvalue weighted by atomic mass is 127. The Hall–Kier alpha value is -1.63. The maximum Gasteiger partial charge on any atom is 0.251 e. The number of methoxy groups -OCH3 is 1. The second-order valence-corrected chi connectivity index (χ2v) is 5.11. The number of carbonyl (C=O) groups excluding carboxylic acids is 1. The first-order valence-electron chi connectivity index (χ1n) is 5.72. The Labute approximate surface area is 125 Å². The van der Waals surface area contributed by atoms with E-state index in [0.717, 1.165) is 9.13 Å². The van der Waals surface area contributed by atoms with Crippen molar-refractivity contribution in [3.8, 4) is 5.88 Å². The zero-order chi connectivity index (χ0) is 13.7. The predicted molar refractivity (Wildman–Crippen MR) is 81.1 cm³/mol. The molecular formula is C14H13IN2O2. The molecule has 0 saturated heterocycles. The molecule has 1 heterocycles. The molecule has 1 aromatic heterocycles. The van der Waals surface area contributed by atoms with E-state index < -0.39 is 0 Å². The van der Waals surface area contributed by atoms with E-state index >= 15 is 0 Å². The van der Waals surface area contributed by atoms with Gasteiger partial charge in [-0.15, -0.1) is 0 Å². The molecule has 0 spiro atoms. The number of benzene rings is 1. The second-order valence-electron chi connectivity index (χ2n) is 3.86. The van der Waals surface area contributed by atoms with Crippen LogP contribution in [0.4, 0.5) is 0 Å². The van der Waals surface area contributed by atoms with Crippen LogP contribution in [0, 0.1) is 3.57 Å². The molecule has 0 fully saturated rings. The molecule has 1 N–H and O–H groups in total. The lowest BCUT2D eigenvalue weighted by molar-refractivity contribution is 0.0950. The van der Waals surface area contributed by atoms with Crippen LogP contribution in [0.15, 0.2) is 42.6 Å². The van der Waals surface area contributed by atoms with E-state index in [4.69, 9.17) is 4.74 Å². The van der Waals surface area contributed by atoms with Gasteiger partial charge in [0, 0.05) is 27.4 Å². The van der Waals surface area contributed by atoms with E-state index in [9.17, 15) is 4.79 Å². The minimum atomic E-state index is -0.107. The molecule has 19 heavy (non-hydrogen) atoms. The number of ether oxygens (including phenoxy) is 1. The first kappa shape index (κ1) is 13.8. The van der Waals surface area contributed by atoms with Crippen molar-refractivity contribution in [3.05, 3.63) is 57.3 Å². The van der Waals surface area contributed by atoms with Gasteiger partial charge in [-0.1, -0.05) is 12.1 Å². The van der Waals surface area contributed by atoms with Gasteiger partial charge in [0.1, 0.15) is 0 Å². The summed E-state index contributed by atoms with van der Waals surface area (Å²) in [5.41, 5.74) is 1.50. The summed E-state index contributed by atoms with van der Waals surface area (Å²) in [6.07, 6.45) is 1.66. The monoisotopic (exact) mass is 368 g/mol. The number of nitrogens with one attached hydrogen (secondary N) is 1. The largest absolute Gasteiger partial charge is 0.481 e. The molecule has 0 aliphatic heterocycles. The van der Waals surface area contributed by atoms with Gasteiger partial charge in [0.25, 0.3) is 5.91 Å². The normalized spacial score (nSPS) is 10.0. The van der Waals surface area contributed by atoms with Gasteiger partial charge in [-0.3, -0.25) is 4.79 Å². The van der Waals surface area contributed by atoms with Crippen molar-refractivity contribution < 1.29 is 9.53 Å². The summed E-state index contributed by atoms with van der Waals surface area (Å²) in [5.74, 6) is 0.426. The van der Waals surface area contributed by atoms with Crippen molar-refractivity contribution in [3.63, 3.8) is 0 Å². The summed E-state index contributed by atoms with van der Waals surface area (Å²) in [5, 5.41) is 2.85. The van der Waals surface area contributed by atoms with Gasteiger partial charge in [0.2, 0.25) is 5.88 Å². The van der Waals surface area contributed by atoms with Crippen molar-refractivity contribution in [1.29, 1.82) is 0 Å². The Morgan fingerprint density at radius 2 is 2.21 bits per heavy atom. The average Bonchev–Trinajstić information content (AvgIpc) is 2.45. The summed E-state index contributed by atoms with van der Waals surface area (Å²) in [4.78, 5) is 16.1. The lowest BCUT2D eigenvalue weighted by Crippen LogP contribution is -2.23. The van der Waals surface area contributed by atoms with Crippen molar-refractivity contribution in [1.82, 2.24) is 10.3 Å². The van der Waals surface area contributed by atoms with Crippen LogP contribution in [0.1, 0.15) is 15.9 Å². The summed E-state index contributed by atoms with van der Waals surface area (Å²) < 4.78 is 6.17. The van der Waals surface area contributed by atoms with Gasteiger partial charge in [0.05, 0.1) is 7.11 Å². The van der Waals surface area contributed by atoms with Crippen LogP contribution in [-0.4, -0.2) is 18.0 Å². The zero-order valence-electron chi connectivity index (χ0n) is 10.4. The first-order chi connectivity index (χ1) is 9.20. The van der Waals surface area contributed by atoms with E-state index in [1.807, 2.05) is 30.3 Å². The maximum atomic E-state index is 12.0. The van der Waals surface area contributed by atoms with Crippen LogP contribution in [-0.2, 0) is 6.54 Å². The van der Waals surface area contributed by atoms with Crippen LogP contribution in [0.25, 0.3) is 0 Å². The topological polar surface area (TPSA) is 51.2 Å². The first-order valence-corrected chi connectivity index (χ1v) is 6.80. The fraction of sp³-hybridized carbons (Fsp3) is 0.143. The predicted octanol–water partition coefficient (Wildman–Crippen LogP) is 2.62. The second kappa shape index (κ2) is 6.51. The smallest absolute Gasteiger partial charge is 0.251 e. The lowest BCUT2D eigenvalue weighted by Gasteiger charge is -2.08. The van der Waals surface area contributed by atoms with Crippen LogP contribution >= 0.6 is 22.6 Å². The summed E-state index contributed by atoms with van der Waals surface area (Å²) >= 11 is 2.18. The highest BCUT2D eigenvalue weighted by molar-refractivity contribution is 14.1. The molecule has 0 unspecified atom stereocenters. The molecule has 4 nitrogen and oxygen atoms in total. The third-order valence-corrected chi connectivity index (χ3v) is 3.24. The van der Waals surface area contributed by atoms with Crippen molar-refractivity contribution in [2.24, 2.45) is 0 Å². The number of halogens is 1. The summed E-state index contributed by atoms with van der Waals surface area (Å²) in [6.45, 7) is 0.390. The molecule has 2 rings (SSSR count). The Bertz CT molecular complexity index is 587. The molecule has 5 heteroatoms. The number of nitrogens with zero attached hydrogens (tertiary/aromatic N) is 1. The van der Waals surface area contributed by atoms with Gasteiger partial charge in [-0.25, -0.2) is 4.98 Å². The number of carbonyl (C=O) groups is 1. The molecule has 0 atom stereocenters. The van der Waals surface area contributed by atoms with E-state index in [1.165, 1.54) is 0 Å². The molecule has 0 bridgehead atoms. The lowest BCUT2D eigenvalue weighted by atomic mass is 10.2. The Morgan fingerprint density at radius 1 is 1.37 bits per heavy atom. The standard InChI is InChI=1S/C14H13IN2O2/c1-19-14-11(5-3-7-16-14)9-17-13(18)10-4-2-6-12(15)8-10/h2-8H,9H2,1H3,(H,17,18). The van der Waals surface area contributed by atoms with Crippen LogP contribution in [0.2, 0.25) is 0 Å². The minimum Gasteiger partial charge on any atom is -0.481 e. The number of rotatable bonds is 4. The van der Waals surface area contributed by atoms with Gasteiger partial charge >= 0.3 is 0 Å². The summed E-state index contributed by atoms with van der Waals surface area (Å²) in [7, 11) is 1.56. The number of hydrogen-bond donors (Lipinski definition) is 1. The van der Waals surface area contributed by atoms with E-state index in [0.29, 0.717) is 18.0 Å². The molecule has 0 aliphatic rings. The Kier molecular flexibility index (Phi) is 4.73. The number of amides is 1. The van der Waals surface area contributed by atoms with Crippen LogP contribution in [0.3, 0.4) is 0 Å². The average molecular weight is 368 g/mol. The van der Waals surface area contributed by atoms with Crippen LogP contribution < -0.4 is 10.1 Å². The number of aromatic nitrogens is 1. The van der Waals surface area contributed by atoms with Crippen molar-refractivity contribution in [2.75, 3.05) is 7.11 Å². The third-order valence-electron chi connectivity index (χ3n) is 2.57. The van der Waals surface area contributed by atoms with E-state index in [-0.39, 0.29) is 5.91 Å². The molecule has 1 amide bonds. The Balaban J connectivity index is 2.04. The fourth-order valence-electron chi connectivity index (χ4n) is 1.65. The maximum absolute atomic E-state index is 12.0. The molecule has 1 aromatic carbocycles. The van der Waals surface area contributed by atoms with Crippen LogP contribution in [0.5, 0.6) is 5.88 Å². The molecule has 0 saturated carbocycles. The number of hydrogen-bond acceptors (Lipinski definition) is 3. The van der Waals surface area contributed by atoms with Gasteiger partial charge in [-0.2, -0.15) is 0 Å². The molecule has 98 valence electrons. The van der Waals surface area contributed by atoms with E-state index in [1.54, 1.807) is 19.4 Å². The Morgan fingerprint density at radius 3 is 2.95 bits per heavy atom. The van der Waals surface area contributed by atoms with Gasteiger partial charge in [0.15, 0.2) is 0 Å². The molecule has 0 radical (unpaired) electrons. The highest BCUT2D eigenvalue weighted by Crippen LogP contribution is 2.13. The van der Waals surface area contributed by atoms with Gasteiger partial charge < -0.3 is 10.1 Å². The van der Waals surface area contributed by atoms with E-state index in [2.05, 4.69) is 32.9 Å². The quantitative estimate of drug-likeness (QED) is 0.845. The third kappa shape index (κ3) is 3.66. The fourth-order valence-corrected chi connectivity index (χ4v) is 2.19. The minimum absolute atomic E-state index is 0.107. The molecule has 2 aromatic rings. The zero-order valence-corrected chi connectivity index (χ0v) is 12.5. The van der Waals surface area contributed by atoms with Crippen molar-refractivity contribution >= 4 is 28.5 Å². The highest BCUT2D eigenvalue weighted by Gasteiger charge is 2.08. The molecule has 0 aliphatic carbocycles. The van der Waals surface area contributed by atoms with Gasteiger partial charge in [-0.05, 0) is 46.9 Å².